The lowest BCUT2D eigenvalue weighted by Gasteiger charge is -2.07. The highest BCUT2D eigenvalue weighted by atomic mass is 32.1. The average Bonchev–Trinajstić information content (AvgIpc) is 3.07. The first-order valence-electron chi connectivity index (χ1n) is 6.84. The van der Waals surface area contributed by atoms with Crippen LogP contribution in [0.1, 0.15) is 18.2 Å². The number of aromatic nitrogens is 2. The number of nitrogens with zero attached hydrogens (tertiary/aromatic N) is 2. The highest BCUT2D eigenvalue weighted by molar-refractivity contribution is 7.15. The number of hydrogen-bond donors (Lipinski definition) is 2. The Balaban J connectivity index is 1.89. The van der Waals surface area contributed by atoms with Gasteiger partial charge in [-0.15, -0.1) is 11.3 Å². The lowest BCUT2D eigenvalue weighted by Crippen LogP contribution is -2.13. The summed E-state index contributed by atoms with van der Waals surface area (Å²) in [7, 11) is 0. The van der Waals surface area contributed by atoms with Crippen molar-refractivity contribution in [2.24, 2.45) is 0 Å². The van der Waals surface area contributed by atoms with Gasteiger partial charge in [0.05, 0.1) is 6.61 Å². The van der Waals surface area contributed by atoms with Gasteiger partial charge in [0.15, 0.2) is 4.96 Å². The minimum atomic E-state index is 0.0339. The van der Waals surface area contributed by atoms with Crippen LogP contribution in [0.4, 0.5) is 0 Å². The van der Waals surface area contributed by atoms with Crippen LogP contribution in [0.25, 0.3) is 4.96 Å². The van der Waals surface area contributed by atoms with Crippen molar-refractivity contribution in [2.45, 2.75) is 20.1 Å². The summed E-state index contributed by atoms with van der Waals surface area (Å²) in [5, 5.41) is 14.4. The zero-order valence-corrected chi connectivity index (χ0v) is 12.6. The van der Waals surface area contributed by atoms with Gasteiger partial charge in [0, 0.05) is 18.1 Å². The van der Waals surface area contributed by atoms with Gasteiger partial charge < -0.3 is 15.2 Å². The first kappa shape index (κ1) is 14.1. The van der Waals surface area contributed by atoms with E-state index in [1.807, 2.05) is 40.2 Å². The second-order valence-electron chi connectivity index (χ2n) is 4.60. The van der Waals surface area contributed by atoms with E-state index in [1.54, 1.807) is 11.3 Å². The Bertz CT molecular complexity index is 718. The van der Waals surface area contributed by atoms with Crippen molar-refractivity contribution in [3.05, 3.63) is 47.1 Å². The summed E-state index contributed by atoms with van der Waals surface area (Å²) in [6.07, 6.45) is 2.00. The number of fused-ring (bicyclic) bond motifs is 1. The van der Waals surface area contributed by atoms with E-state index in [4.69, 9.17) is 9.84 Å². The van der Waals surface area contributed by atoms with Gasteiger partial charge in [-0.3, -0.25) is 4.40 Å². The molecule has 2 heterocycles. The van der Waals surface area contributed by atoms with E-state index >= 15 is 0 Å². The van der Waals surface area contributed by atoms with Crippen LogP contribution in [0.2, 0.25) is 0 Å². The molecule has 0 aliphatic heterocycles. The van der Waals surface area contributed by atoms with E-state index in [9.17, 15) is 0 Å². The molecule has 0 bridgehead atoms. The second-order valence-corrected chi connectivity index (χ2v) is 5.48. The van der Waals surface area contributed by atoms with E-state index in [0.29, 0.717) is 12.4 Å². The topological polar surface area (TPSA) is 58.8 Å². The van der Waals surface area contributed by atoms with Gasteiger partial charge >= 0.3 is 0 Å². The molecule has 0 aliphatic rings. The minimum absolute atomic E-state index is 0.0339. The molecule has 0 fully saturated rings. The third-order valence-corrected chi connectivity index (χ3v) is 3.94. The summed E-state index contributed by atoms with van der Waals surface area (Å²) >= 11 is 1.58. The molecule has 5 nitrogen and oxygen atoms in total. The molecule has 0 amide bonds. The lowest BCUT2D eigenvalue weighted by atomic mass is 10.2. The van der Waals surface area contributed by atoms with Crippen molar-refractivity contribution in [1.29, 1.82) is 0 Å². The van der Waals surface area contributed by atoms with Crippen molar-refractivity contribution in [2.75, 3.05) is 6.54 Å². The number of imidazole rings is 1. The second kappa shape index (κ2) is 6.26. The Hall–Kier alpha value is -1.89. The molecule has 21 heavy (non-hydrogen) atoms. The fraction of sp³-hybridized carbons (Fsp3) is 0.267. The first-order valence-corrected chi connectivity index (χ1v) is 7.72. The highest BCUT2D eigenvalue weighted by Crippen LogP contribution is 2.28. The van der Waals surface area contributed by atoms with Crippen LogP contribution in [0.3, 0.4) is 0 Å². The molecule has 110 valence electrons. The summed E-state index contributed by atoms with van der Waals surface area (Å²) in [5.74, 6) is 1.34. The van der Waals surface area contributed by atoms with Gasteiger partial charge in [-0.25, -0.2) is 0 Å². The fourth-order valence-corrected chi connectivity index (χ4v) is 2.80. The molecule has 1 aromatic carbocycles. The Morgan fingerprint density at radius 3 is 2.86 bits per heavy atom. The van der Waals surface area contributed by atoms with Crippen LogP contribution in [0, 0.1) is 0 Å². The zero-order chi connectivity index (χ0) is 14.7. The minimum Gasteiger partial charge on any atom is -0.437 e. The number of thiazole rings is 1. The van der Waals surface area contributed by atoms with Crippen molar-refractivity contribution in [1.82, 2.24) is 14.7 Å². The molecule has 0 aliphatic carbocycles. The Kier molecular flexibility index (Phi) is 4.19. The molecule has 0 unspecified atom stereocenters. The maximum atomic E-state index is 9.06. The largest absolute Gasteiger partial charge is 0.437 e. The summed E-state index contributed by atoms with van der Waals surface area (Å²) in [4.78, 5) is 5.45. The molecule has 0 spiro atoms. The standard InChI is InChI=1S/C15H17N3O2S/c1-2-16-9-13-14(17-15-18(13)7-8-21-15)20-12-5-3-11(10-19)4-6-12/h3-8,16,19H,2,9-10H2,1H3. The molecule has 3 rings (SSSR count). The molecule has 2 N–H and O–H groups in total. The van der Waals surface area contributed by atoms with Crippen LogP contribution >= 0.6 is 11.3 Å². The van der Waals surface area contributed by atoms with Gasteiger partial charge in [0.1, 0.15) is 11.4 Å². The number of aliphatic hydroxyl groups excluding tert-OH is 1. The smallest absolute Gasteiger partial charge is 0.243 e. The fourth-order valence-electron chi connectivity index (χ4n) is 2.07. The number of benzene rings is 1. The van der Waals surface area contributed by atoms with Crippen molar-refractivity contribution in [3.8, 4) is 11.6 Å². The Morgan fingerprint density at radius 2 is 2.14 bits per heavy atom. The predicted molar refractivity (Wildman–Crippen MR) is 82.9 cm³/mol. The van der Waals surface area contributed by atoms with Crippen molar-refractivity contribution in [3.63, 3.8) is 0 Å². The van der Waals surface area contributed by atoms with E-state index in [2.05, 4.69) is 17.2 Å². The molecular formula is C15H17N3O2S. The van der Waals surface area contributed by atoms with Gasteiger partial charge in [-0.05, 0) is 24.2 Å². The van der Waals surface area contributed by atoms with Crippen LogP contribution in [-0.2, 0) is 13.2 Å². The van der Waals surface area contributed by atoms with E-state index < -0.39 is 0 Å². The van der Waals surface area contributed by atoms with Crippen LogP contribution in [0.5, 0.6) is 11.6 Å². The third kappa shape index (κ3) is 2.92. The van der Waals surface area contributed by atoms with Gasteiger partial charge in [0.2, 0.25) is 5.88 Å². The average molecular weight is 303 g/mol. The molecule has 6 heteroatoms. The molecular weight excluding hydrogens is 286 g/mol. The van der Waals surface area contributed by atoms with Gasteiger partial charge in [-0.1, -0.05) is 19.1 Å². The summed E-state index contributed by atoms with van der Waals surface area (Å²) < 4.78 is 7.95. The maximum Gasteiger partial charge on any atom is 0.243 e. The Morgan fingerprint density at radius 1 is 1.33 bits per heavy atom. The number of hydrogen-bond acceptors (Lipinski definition) is 5. The van der Waals surface area contributed by atoms with Crippen LogP contribution < -0.4 is 10.1 Å². The summed E-state index contributed by atoms with van der Waals surface area (Å²) in [5.41, 5.74) is 1.88. The summed E-state index contributed by atoms with van der Waals surface area (Å²) in [6.45, 7) is 3.70. The molecule has 2 aromatic heterocycles. The van der Waals surface area contributed by atoms with Crippen LogP contribution in [-0.4, -0.2) is 21.0 Å². The number of rotatable bonds is 6. The Labute approximate surface area is 126 Å². The third-order valence-electron chi connectivity index (χ3n) is 3.19. The highest BCUT2D eigenvalue weighted by Gasteiger charge is 2.14. The molecule has 3 aromatic rings. The molecule has 0 saturated heterocycles. The van der Waals surface area contributed by atoms with E-state index in [-0.39, 0.29) is 6.61 Å². The number of aliphatic hydroxyl groups is 1. The quantitative estimate of drug-likeness (QED) is 0.735. The number of nitrogens with one attached hydrogen (secondary N) is 1. The normalized spacial score (nSPS) is 11.1. The maximum absolute atomic E-state index is 9.06. The monoisotopic (exact) mass is 303 g/mol. The van der Waals surface area contributed by atoms with E-state index in [0.717, 1.165) is 28.5 Å². The predicted octanol–water partition coefficient (Wildman–Crippen LogP) is 2.79. The van der Waals surface area contributed by atoms with Crippen LogP contribution in [0.15, 0.2) is 35.8 Å². The van der Waals surface area contributed by atoms with E-state index in [1.165, 1.54) is 0 Å². The van der Waals surface area contributed by atoms with Gasteiger partial charge in [0.25, 0.3) is 0 Å². The molecule has 0 atom stereocenters. The zero-order valence-electron chi connectivity index (χ0n) is 11.7. The first-order chi connectivity index (χ1) is 10.3. The summed E-state index contributed by atoms with van der Waals surface area (Å²) in [6, 6.07) is 7.38. The number of ether oxygens (including phenoxy) is 1. The van der Waals surface area contributed by atoms with Crippen molar-refractivity contribution >= 4 is 16.3 Å². The lowest BCUT2D eigenvalue weighted by molar-refractivity contribution is 0.281. The molecule has 0 saturated carbocycles. The molecule has 0 radical (unpaired) electrons. The van der Waals surface area contributed by atoms with Crippen molar-refractivity contribution < 1.29 is 9.84 Å². The van der Waals surface area contributed by atoms with Gasteiger partial charge in [-0.2, -0.15) is 4.98 Å². The SMILES string of the molecule is CCNCc1c(Oc2ccc(CO)cc2)nc2sccn12.